The number of piperazine rings is 1. The minimum atomic E-state index is -0.173. The maximum Gasteiger partial charge on any atom is 0.254 e. The van der Waals surface area contributed by atoms with E-state index >= 15 is 0 Å². The van der Waals surface area contributed by atoms with Crippen LogP contribution in [0.5, 0.6) is 0 Å². The third-order valence-corrected chi connectivity index (χ3v) is 4.07. The van der Waals surface area contributed by atoms with E-state index in [-0.39, 0.29) is 24.6 Å². The Labute approximate surface area is 124 Å². The molecule has 20 heavy (non-hydrogen) atoms. The Morgan fingerprint density at radius 2 is 2.10 bits per heavy atom. The molecule has 0 saturated carbocycles. The number of hydrogen-bond acceptors (Lipinski definition) is 3. The first-order valence-corrected chi connectivity index (χ1v) is 7.31. The van der Waals surface area contributed by atoms with Crippen molar-refractivity contribution >= 4 is 17.5 Å². The van der Waals surface area contributed by atoms with Crippen molar-refractivity contribution < 1.29 is 9.90 Å². The van der Waals surface area contributed by atoms with Crippen LogP contribution in [-0.4, -0.2) is 47.7 Å². The van der Waals surface area contributed by atoms with Crippen LogP contribution < -0.4 is 5.32 Å². The number of halogens is 1. The molecule has 0 aromatic heterocycles. The first-order chi connectivity index (χ1) is 9.52. The lowest BCUT2D eigenvalue weighted by molar-refractivity contribution is 0.0434. The van der Waals surface area contributed by atoms with Gasteiger partial charge in [0.05, 0.1) is 12.6 Å². The first-order valence-electron chi connectivity index (χ1n) is 6.93. The van der Waals surface area contributed by atoms with E-state index in [1.54, 1.807) is 29.2 Å². The van der Waals surface area contributed by atoms with Crippen LogP contribution in [0.4, 0.5) is 0 Å². The second kappa shape index (κ2) is 6.57. The standard InChI is InChI=1S/C15H21ClN2O2/c1-10(2)14-8-18(13(9-19)7-17-14)15(20)11-3-5-12(16)6-4-11/h3-6,10,13-14,17,19H,7-9H2,1-2H3. The average molecular weight is 297 g/mol. The van der Waals surface area contributed by atoms with E-state index in [2.05, 4.69) is 19.2 Å². The molecule has 2 N–H and O–H groups in total. The number of aliphatic hydroxyl groups is 1. The van der Waals surface area contributed by atoms with Crippen molar-refractivity contribution in [3.8, 4) is 0 Å². The molecule has 110 valence electrons. The minimum Gasteiger partial charge on any atom is -0.394 e. The molecule has 5 heteroatoms. The van der Waals surface area contributed by atoms with Crippen LogP contribution in [0.2, 0.25) is 5.02 Å². The summed E-state index contributed by atoms with van der Waals surface area (Å²) in [5.41, 5.74) is 0.609. The van der Waals surface area contributed by atoms with Crippen LogP contribution in [-0.2, 0) is 0 Å². The summed E-state index contributed by atoms with van der Waals surface area (Å²) in [6.07, 6.45) is 0. The molecule has 1 aromatic rings. The number of carbonyl (C=O) groups is 1. The molecule has 4 nitrogen and oxygen atoms in total. The van der Waals surface area contributed by atoms with Gasteiger partial charge < -0.3 is 15.3 Å². The quantitative estimate of drug-likeness (QED) is 0.894. The van der Waals surface area contributed by atoms with Crippen LogP contribution in [0.3, 0.4) is 0 Å². The van der Waals surface area contributed by atoms with Crippen molar-refractivity contribution in [3.05, 3.63) is 34.9 Å². The van der Waals surface area contributed by atoms with Gasteiger partial charge in [-0.2, -0.15) is 0 Å². The SMILES string of the molecule is CC(C)C1CN(C(=O)c2ccc(Cl)cc2)C(CO)CN1. The predicted octanol–water partition coefficient (Wildman–Crippen LogP) is 1.77. The normalized spacial score (nSPS) is 23.1. The molecule has 2 unspecified atom stereocenters. The highest BCUT2D eigenvalue weighted by atomic mass is 35.5. The molecule has 1 aliphatic rings. The number of nitrogens with zero attached hydrogens (tertiary/aromatic N) is 1. The van der Waals surface area contributed by atoms with E-state index in [1.807, 2.05) is 0 Å². The van der Waals surface area contributed by atoms with Crippen LogP contribution in [0.25, 0.3) is 0 Å². The Balaban J connectivity index is 2.17. The minimum absolute atomic E-state index is 0.0306. The molecule has 0 bridgehead atoms. The van der Waals surface area contributed by atoms with Gasteiger partial charge in [0.1, 0.15) is 0 Å². The fourth-order valence-electron chi connectivity index (χ4n) is 2.44. The number of benzene rings is 1. The highest BCUT2D eigenvalue weighted by Gasteiger charge is 2.32. The molecular weight excluding hydrogens is 276 g/mol. The molecule has 1 aliphatic heterocycles. The second-order valence-corrected chi connectivity index (χ2v) is 6.00. The van der Waals surface area contributed by atoms with E-state index < -0.39 is 0 Å². The maximum atomic E-state index is 12.6. The van der Waals surface area contributed by atoms with Crippen LogP contribution >= 0.6 is 11.6 Å². The Morgan fingerprint density at radius 1 is 1.45 bits per heavy atom. The van der Waals surface area contributed by atoms with Crippen molar-refractivity contribution in [2.24, 2.45) is 5.92 Å². The Morgan fingerprint density at radius 3 is 2.65 bits per heavy atom. The zero-order chi connectivity index (χ0) is 14.7. The Bertz CT molecular complexity index is 461. The van der Waals surface area contributed by atoms with Gasteiger partial charge in [-0.1, -0.05) is 25.4 Å². The van der Waals surface area contributed by atoms with Crippen LogP contribution in [0.1, 0.15) is 24.2 Å². The van der Waals surface area contributed by atoms with Crippen LogP contribution in [0, 0.1) is 5.92 Å². The summed E-state index contributed by atoms with van der Waals surface area (Å²) in [4.78, 5) is 14.4. The van der Waals surface area contributed by atoms with E-state index in [9.17, 15) is 9.90 Å². The number of nitrogens with one attached hydrogen (secondary N) is 1. The van der Waals surface area contributed by atoms with Crippen molar-refractivity contribution in [1.29, 1.82) is 0 Å². The molecule has 1 saturated heterocycles. The van der Waals surface area contributed by atoms with E-state index in [0.29, 0.717) is 29.6 Å². The van der Waals surface area contributed by atoms with Gasteiger partial charge in [-0.25, -0.2) is 0 Å². The zero-order valence-electron chi connectivity index (χ0n) is 11.8. The summed E-state index contributed by atoms with van der Waals surface area (Å²) < 4.78 is 0. The summed E-state index contributed by atoms with van der Waals surface area (Å²) in [6.45, 7) is 5.46. The lowest BCUT2D eigenvalue weighted by Gasteiger charge is -2.41. The Kier molecular flexibility index (Phi) is 5.02. The lowest BCUT2D eigenvalue weighted by Crippen LogP contribution is -2.60. The summed E-state index contributed by atoms with van der Waals surface area (Å²) in [6, 6.07) is 6.97. The van der Waals surface area contributed by atoms with Gasteiger partial charge in [-0.3, -0.25) is 4.79 Å². The monoisotopic (exact) mass is 296 g/mol. The molecule has 1 heterocycles. The summed E-state index contributed by atoms with van der Waals surface area (Å²) in [5.74, 6) is 0.392. The highest BCUT2D eigenvalue weighted by Crippen LogP contribution is 2.17. The molecule has 2 rings (SSSR count). The second-order valence-electron chi connectivity index (χ2n) is 5.56. The largest absolute Gasteiger partial charge is 0.394 e. The number of amides is 1. The molecule has 0 spiro atoms. The fraction of sp³-hybridized carbons (Fsp3) is 0.533. The molecule has 0 radical (unpaired) electrons. The first kappa shape index (κ1) is 15.3. The third-order valence-electron chi connectivity index (χ3n) is 3.82. The van der Waals surface area contributed by atoms with E-state index in [0.717, 1.165) is 0 Å². The summed E-state index contributed by atoms with van der Waals surface area (Å²) >= 11 is 5.85. The van der Waals surface area contributed by atoms with E-state index in [1.165, 1.54) is 0 Å². The molecular formula is C15H21ClN2O2. The van der Waals surface area contributed by atoms with Crippen molar-refractivity contribution in [3.63, 3.8) is 0 Å². The lowest BCUT2D eigenvalue weighted by atomic mass is 9.98. The molecule has 1 amide bonds. The number of carbonyl (C=O) groups excluding carboxylic acids is 1. The van der Waals surface area contributed by atoms with Gasteiger partial charge in [0, 0.05) is 29.7 Å². The topological polar surface area (TPSA) is 52.6 Å². The number of hydrogen-bond donors (Lipinski definition) is 2. The van der Waals surface area contributed by atoms with Crippen LogP contribution in [0.15, 0.2) is 24.3 Å². The number of rotatable bonds is 3. The van der Waals surface area contributed by atoms with Crippen molar-refractivity contribution in [2.45, 2.75) is 25.9 Å². The maximum absolute atomic E-state index is 12.6. The smallest absolute Gasteiger partial charge is 0.254 e. The summed E-state index contributed by atoms with van der Waals surface area (Å²) in [5, 5.41) is 13.5. The molecule has 0 aliphatic carbocycles. The van der Waals surface area contributed by atoms with E-state index in [4.69, 9.17) is 11.6 Å². The molecule has 1 fully saturated rings. The van der Waals surface area contributed by atoms with Gasteiger partial charge in [-0.15, -0.1) is 0 Å². The predicted molar refractivity (Wildman–Crippen MR) is 80.0 cm³/mol. The molecule has 2 atom stereocenters. The Hall–Kier alpha value is -1.10. The van der Waals surface area contributed by atoms with Crippen molar-refractivity contribution in [2.75, 3.05) is 19.7 Å². The zero-order valence-corrected chi connectivity index (χ0v) is 12.6. The number of aliphatic hydroxyl groups excluding tert-OH is 1. The highest BCUT2D eigenvalue weighted by molar-refractivity contribution is 6.30. The van der Waals surface area contributed by atoms with Gasteiger partial charge in [-0.05, 0) is 30.2 Å². The fourth-order valence-corrected chi connectivity index (χ4v) is 2.57. The third kappa shape index (κ3) is 3.32. The summed E-state index contributed by atoms with van der Waals surface area (Å²) in [7, 11) is 0. The van der Waals surface area contributed by atoms with Gasteiger partial charge in [0.25, 0.3) is 5.91 Å². The van der Waals surface area contributed by atoms with Crippen molar-refractivity contribution in [1.82, 2.24) is 10.2 Å². The van der Waals surface area contributed by atoms with Gasteiger partial charge in [0.15, 0.2) is 0 Å². The average Bonchev–Trinajstić information content (AvgIpc) is 2.46. The van der Waals surface area contributed by atoms with Gasteiger partial charge in [0.2, 0.25) is 0 Å². The van der Waals surface area contributed by atoms with Gasteiger partial charge >= 0.3 is 0 Å². The molecule has 1 aromatic carbocycles.